The summed E-state index contributed by atoms with van der Waals surface area (Å²) < 4.78 is 16.2. The van der Waals surface area contributed by atoms with E-state index in [9.17, 15) is 9.18 Å². The van der Waals surface area contributed by atoms with Crippen molar-refractivity contribution in [3.8, 4) is 0 Å². The molecule has 0 spiro atoms. The third kappa shape index (κ3) is 4.47. The van der Waals surface area contributed by atoms with Gasteiger partial charge in [-0.25, -0.2) is 9.37 Å². The lowest BCUT2D eigenvalue weighted by atomic mass is 9.95. The fourth-order valence-corrected chi connectivity index (χ4v) is 4.93. The zero-order chi connectivity index (χ0) is 21.9. The second-order valence-electron chi connectivity index (χ2n) is 9.09. The van der Waals surface area contributed by atoms with Gasteiger partial charge in [-0.05, 0) is 48.4 Å². The molecule has 0 aromatic carbocycles. The van der Waals surface area contributed by atoms with Gasteiger partial charge in [-0.2, -0.15) is 5.10 Å². The molecule has 3 aliphatic rings. The van der Waals surface area contributed by atoms with Crippen molar-refractivity contribution in [2.24, 2.45) is 11.0 Å². The number of piperidine rings is 1. The van der Waals surface area contributed by atoms with Gasteiger partial charge >= 0.3 is 0 Å². The number of hydrogen-bond acceptors (Lipinski definition) is 4. The Morgan fingerprint density at radius 3 is 2.94 bits per heavy atom. The molecule has 168 valence electrons. The molecule has 2 aromatic rings. The number of nitrogens with zero attached hydrogens (tertiary/aromatic N) is 4. The molecular weight excluding hydrogens is 405 g/mol. The standard InChI is InChI=1S/C25H30FN5O/c26-23-4-2-1-3-19(23)5-6-24(32)30-10-7-18(8-11-30)17-31-12-9-20-13-21(14-27-25(20)31)22-15-28-29-16-22/h1-3,9,12-15,18,22-23,29H,4-8,10-11,16-17H2. The monoisotopic (exact) mass is 435 g/mol. The van der Waals surface area contributed by atoms with Crippen molar-refractivity contribution in [2.75, 3.05) is 19.6 Å². The first-order valence-corrected chi connectivity index (χ1v) is 11.7. The molecular formula is C25H30FN5O. The van der Waals surface area contributed by atoms with Gasteiger partial charge in [-0.15, -0.1) is 0 Å². The summed E-state index contributed by atoms with van der Waals surface area (Å²) in [5.41, 5.74) is 5.96. The smallest absolute Gasteiger partial charge is 0.222 e. The average Bonchev–Trinajstić information content (AvgIpc) is 3.49. The maximum atomic E-state index is 13.9. The number of aromatic nitrogens is 2. The molecule has 6 nitrogen and oxygen atoms in total. The van der Waals surface area contributed by atoms with Crippen molar-refractivity contribution in [3.05, 3.63) is 53.9 Å². The number of alkyl halides is 1. The predicted octanol–water partition coefficient (Wildman–Crippen LogP) is 3.95. The molecule has 0 radical (unpaired) electrons. The number of amides is 1. The Bertz CT molecular complexity index is 1060. The molecule has 1 N–H and O–H groups in total. The molecule has 5 rings (SSSR count). The third-order valence-corrected chi connectivity index (χ3v) is 6.95. The van der Waals surface area contributed by atoms with Crippen LogP contribution in [0.3, 0.4) is 0 Å². The molecule has 2 aromatic heterocycles. The van der Waals surface area contributed by atoms with Crippen molar-refractivity contribution in [1.82, 2.24) is 19.9 Å². The number of carbonyl (C=O) groups is 1. The van der Waals surface area contributed by atoms with Crippen LogP contribution in [0.1, 0.15) is 43.6 Å². The van der Waals surface area contributed by atoms with Gasteiger partial charge in [0.1, 0.15) is 11.8 Å². The second-order valence-corrected chi connectivity index (χ2v) is 9.09. The molecule has 1 amide bonds. The van der Waals surface area contributed by atoms with E-state index in [-0.39, 0.29) is 5.91 Å². The minimum Gasteiger partial charge on any atom is -0.343 e. The summed E-state index contributed by atoms with van der Waals surface area (Å²) in [6, 6.07) is 4.35. The minimum atomic E-state index is -0.928. The van der Waals surface area contributed by atoms with E-state index >= 15 is 0 Å². The number of fused-ring (bicyclic) bond motifs is 1. The lowest BCUT2D eigenvalue weighted by molar-refractivity contribution is -0.132. The van der Waals surface area contributed by atoms with Crippen LogP contribution in [0.4, 0.5) is 4.39 Å². The van der Waals surface area contributed by atoms with E-state index in [1.165, 1.54) is 5.56 Å². The van der Waals surface area contributed by atoms with E-state index in [1.807, 2.05) is 35.5 Å². The summed E-state index contributed by atoms with van der Waals surface area (Å²) in [7, 11) is 0. The van der Waals surface area contributed by atoms with Crippen molar-refractivity contribution >= 4 is 23.2 Å². The number of nitrogens with one attached hydrogen (secondary N) is 1. The summed E-state index contributed by atoms with van der Waals surface area (Å²) in [4.78, 5) is 19.3. The van der Waals surface area contributed by atoms with Gasteiger partial charge in [0.2, 0.25) is 5.91 Å². The molecule has 2 atom stereocenters. The van der Waals surface area contributed by atoms with Crippen LogP contribution >= 0.6 is 0 Å². The highest BCUT2D eigenvalue weighted by Crippen LogP contribution is 2.26. The van der Waals surface area contributed by atoms with Crippen LogP contribution in [0.5, 0.6) is 0 Å². The fourth-order valence-electron chi connectivity index (χ4n) is 4.93. The summed E-state index contributed by atoms with van der Waals surface area (Å²) in [6.07, 6.45) is 14.0. The van der Waals surface area contributed by atoms with E-state index in [1.54, 1.807) is 0 Å². The topological polar surface area (TPSA) is 62.5 Å². The van der Waals surface area contributed by atoms with Crippen LogP contribution in [0.25, 0.3) is 11.0 Å². The zero-order valence-electron chi connectivity index (χ0n) is 18.3. The van der Waals surface area contributed by atoms with Crippen LogP contribution in [0, 0.1) is 5.92 Å². The number of hydrazone groups is 1. The van der Waals surface area contributed by atoms with Crippen LogP contribution in [0.2, 0.25) is 0 Å². The van der Waals surface area contributed by atoms with E-state index in [0.717, 1.165) is 55.6 Å². The number of hydrogen-bond donors (Lipinski definition) is 1. The number of likely N-dealkylation sites (tertiary alicyclic amines) is 1. The molecule has 2 aliphatic heterocycles. The molecule has 2 unspecified atom stereocenters. The maximum Gasteiger partial charge on any atom is 0.222 e. The van der Waals surface area contributed by atoms with E-state index < -0.39 is 6.17 Å². The lowest BCUT2D eigenvalue weighted by Gasteiger charge is -2.32. The van der Waals surface area contributed by atoms with Crippen molar-refractivity contribution in [3.63, 3.8) is 0 Å². The zero-order valence-corrected chi connectivity index (χ0v) is 18.3. The highest BCUT2D eigenvalue weighted by Gasteiger charge is 2.24. The third-order valence-electron chi connectivity index (χ3n) is 6.95. The minimum absolute atomic E-state index is 0.150. The lowest BCUT2D eigenvalue weighted by Crippen LogP contribution is -2.39. The van der Waals surface area contributed by atoms with Crippen LogP contribution in [0.15, 0.2) is 53.4 Å². The highest BCUT2D eigenvalue weighted by molar-refractivity contribution is 5.79. The number of carbonyl (C=O) groups excluding carboxylic acids is 1. The summed E-state index contributed by atoms with van der Waals surface area (Å²) in [6.45, 7) is 3.32. The molecule has 1 saturated heterocycles. The number of rotatable bonds is 6. The van der Waals surface area contributed by atoms with Gasteiger partial charge in [-0.3, -0.25) is 4.79 Å². The first kappa shape index (κ1) is 20.9. The van der Waals surface area contributed by atoms with Gasteiger partial charge in [0.25, 0.3) is 0 Å². The Kier molecular flexibility index (Phi) is 6.06. The molecule has 1 aliphatic carbocycles. The molecule has 1 fully saturated rings. The Balaban J connectivity index is 1.13. The quantitative estimate of drug-likeness (QED) is 0.747. The van der Waals surface area contributed by atoms with Crippen LogP contribution in [-0.4, -0.2) is 52.4 Å². The Morgan fingerprint density at radius 2 is 2.16 bits per heavy atom. The Morgan fingerprint density at radius 1 is 1.28 bits per heavy atom. The van der Waals surface area contributed by atoms with E-state index in [4.69, 9.17) is 4.98 Å². The first-order chi connectivity index (χ1) is 15.7. The van der Waals surface area contributed by atoms with Crippen LogP contribution < -0.4 is 5.43 Å². The van der Waals surface area contributed by atoms with E-state index in [0.29, 0.717) is 31.1 Å². The van der Waals surface area contributed by atoms with Crippen molar-refractivity contribution in [1.29, 1.82) is 0 Å². The molecule has 0 saturated carbocycles. The van der Waals surface area contributed by atoms with Crippen molar-refractivity contribution < 1.29 is 9.18 Å². The number of halogens is 1. The van der Waals surface area contributed by atoms with Gasteiger partial charge < -0.3 is 14.9 Å². The second kappa shape index (κ2) is 9.27. The molecule has 32 heavy (non-hydrogen) atoms. The molecule has 0 bridgehead atoms. The van der Waals surface area contributed by atoms with Gasteiger partial charge in [-0.1, -0.05) is 18.2 Å². The summed E-state index contributed by atoms with van der Waals surface area (Å²) in [5.74, 6) is 0.971. The van der Waals surface area contributed by atoms with Crippen molar-refractivity contribution in [2.45, 2.75) is 50.7 Å². The van der Waals surface area contributed by atoms with Gasteiger partial charge in [0, 0.05) is 68.9 Å². The Labute approximate surface area is 187 Å². The maximum absolute atomic E-state index is 13.9. The summed E-state index contributed by atoms with van der Waals surface area (Å²) in [5, 5.41) is 5.26. The number of pyridine rings is 1. The predicted molar refractivity (Wildman–Crippen MR) is 124 cm³/mol. The van der Waals surface area contributed by atoms with Crippen LogP contribution in [-0.2, 0) is 11.3 Å². The number of allylic oxidation sites excluding steroid dienone is 4. The SMILES string of the molecule is O=C(CCC1=CC=CCC1F)N1CCC(Cn2ccc3cc(C4C=NNC4)cnc32)CC1. The molecule has 7 heteroatoms. The Hall–Kier alpha value is -2.96. The van der Waals surface area contributed by atoms with Gasteiger partial charge in [0.15, 0.2) is 0 Å². The summed E-state index contributed by atoms with van der Waals surface area (Å²) >= 11 is 0. The largest absolute Gasteiger partial charge is 0.343 e. The molecule has 4 heterocycles. The first-order valence-electron chi connectivity index (χ1n) is 11.7. The average molecular weight is 436 g/mol. The van der Waals surface area contributed by atoms with Gasteiger partial charge in [0.05, 0.1) is 0 Å². The normalized spacial score (nSPS) is 23.5. The highest BCUT2D eigenvalue weighted by atomic mass is 19.1. The van der Waals surface area contributed by atoms with E-state index in [2.05, 4.69) is 33.4 Å². The fraction of sp³-hybridized carbons (Fsp3) is 0.480.